The van der Waals surface area contributed by atoms with Gasteiger partial charge in [-0.1, -0.05) is 0 Å². The van der Waals surface area contributed by atoms with Crippen molar-refractivity contribution in [2.45, 2.75) is 18.7 Å². The zero-order valence-corrected chi connectivity index (χ0v) is 15.2. The van der Waals surface area contributed by atoms with Gasteiger partial charge in [-0.05, 0) is 38.1 Å². The summed E-state index contributed by atoms with van der Waals surface area (Å²) in [7, 11) is -3.49. The molecule has 8 heteroatoms. The fraction of sp³-hybridized carbons (Fsp3) is 0.412. The van der Waals surface area contributed by atoms with E-state index >= 15 is 0 Å². The average Bonchev–Trinajstić information content (AvgIpc) is 2.63. The van der Waals surface area contributed by atoms with Gasteiger partial charge in [-0.3, -0.25) is 0 Å². The zero-order chi connectivity index (χ0) is 17.9. The number of piperazine rings is 1. The molecule has 1 aliphatic rings. The van der Waals surface area contributed by atoms with Gasteiger partial charge in [0.05, 0.1) is 11.5 Å². The summed E-state index contributed by atoms with van der Waals surface area (Å²) in [5.74, 6) is 1.51. The van der Waals surface area contributed by atoms with E-state index in [1.165, 1.54) is 10.6 Å². The lowest BCUT2D eigenvalue weighted by Gasteiger charge is -2.34. The van der Waals surface area contributed by atoms with Crippen LogP contribution in [-0.2, 0) is 10.0 Å². The summed E-state index contributed by atoms with van der Waals surface area (Å²) < 4.78 is 32.5. The molecule has 1 aromatic heterocycles. The van der Waals surface area contributed by atoms with Crippen LogP contribution in [0.1, 0.15) is 12.6 Å². The van der Waals surface area contributed by atoms with E-state index in [-0.39, 0.29) is 0 Å². The molecule has 0 aliphatic carbocycles. The first kappa shape index (κ1) is 17.6. The first-order valence-electron chi connectivity index (χ1n) is 8.27. The topological polar surface area (TPSA) is 75.6 Å². The van der Waals surface area contributed by atoms with Gasteiger partial charge in [-0.25, -0.2) is 18.4 Å². The van der Waals surface area contributed by atoms with Crippen molar-refractivity contribution in [1.29, 1.82) is 0 Å². The number of hydrogen-bond acceptors (Lipinski definition) is 6. The molecule has 1 aromatic carbocycles. The summed E-state index contributed by atoms with van der Waals surface area (Å²) in [6.07, 6.45) is 1.54. The van der Waals surface area contributed by atoms with Crippen LogP contribution in [0.2, 0.25) is 0 Å². The molecule has 0 saturated carbocycles. The molecule has 1 aliphatic heterocycles. The second-order valence-electron chi connectivity index (χ2n) is 5.81. The summed E-state index contributed by atoms with van der Waals surface area (Å²) in [4.78, 5) is 10.7. The lowest BCUT2D eigenvalue weighted by atomic mass is 10.3. The molecule has 7 nitrogen and oxygen atoms in total. The van der Waals surface area contributed by atoms with Gasteiger partial charge in [-0.15, -0.1) is 0 Å². The zero-order valence-electron chi connectivity index (χ0n) is 14.4. The molecule has 1 fully saturated rings. The maximum atomic E-state index is 12.8. The monoisotopic (exact) mass is 362 g/mol. The minimum atomic E-state index is -3.49. The molecule has 134 valence electrons. The van der Waals surface area contributed by atoms with Crippen molar-refractivity contribution in [2.75, 3.05) is 37.7 Å². The van der Waals surface area contributed by atoms with Crippen LogP contribution in [0.4, 0.5) is 5.82 Å². The number of benzene rings is 1. The summed E-state index contributed by atoms with van der Waals surface area (Å²) in [5, 5.41) is 0. The van der Waals surface area contributed by atoms with Crippen molar-refractivity contribution in [1.82, 2.24) is 14.3 Å². The van der Waals surface area contributed by atoms with Crippen LogP contribution in [0.15, 0.2) is 41.6 Å². The van der Waals surface area contributed by atoms with Gasteiger partial charge in [0.25, 0.3) is 0 Å². The van der Waals surface area contributed by atoms with Crippen LogP contribution in [-0.4, -0.2) is 55.5 Å². The largest absolute Gasteiger partial charge is 0.494 e. The highest BCUT2D eigenvalue weighted by Crippen LogP contribution is 2.22. The van der Waals surface area contributed by atoms with Crippen LogP contribution < -0.4 is 9.64 Å². The molecular formula is C17H22N4O3S. The number of aryl methyl sites for hydroxylation is 1. The first-order chi connectivity index (χ1) is 12.0. The van der Waals surface area contributed by atoms with Gasteiger partial charge in [0, 0.05) is 37.9 Å². The summed E-state index contributed by atoms with van der Waals surface area (Å²) in [6.45, 7) is 6.42. The first-order valence-corrected chi connectivity index (χ1v) is 9.71. The lowest BCUT2D eigenvalue weighted by molar-refractivity contribution is 0.340. The van der Waals surface area contributed by atoms with Gasteiger partial charge in [0.2, 0.25) is 10.0 Å². The molecule has 25 heavy (non-hydrogen) atoms. The summed E-state index contributed by atoms with van der Waals surface area (Å²) in [5.41, 5.74) is 0.898. The molecule has 0 N–H and O–H groups in total. The highest BCUT2D eigenvalue weighted by Gasteiger charge is 2.28. The molecule has 2 aromatic rings. The highest BCUT2D eigenvalue weighted by atomic mass is 32.2. The highest BCUT2D eigenvalue weighted by molar-refractivity contribution is 7.89. The van der Waals surface area contributed by atoms with Crippen molar-refractivity contribution in [3.05, 3.63) is 42.4 Å². The third-order valence-corrected chi connectivity index (χ3v) is 6.04. The predicted molar refractivity (Wildman–Crippen MR) is 95.4 cm³/mol. The standard InChI is InChI=1S/C17H22N4O3S/c1-3-24-15-4-6-16(7-5-15)25(22,23)21-10-8-20(9-11-21)17-12-14(2)18-13-19-17/h4-7,12-13H,3,8-11H2,1-2H3. The van der Waals surface area contributed by atoms with E-state index in [1.807, 2.05) is 19.9 Å². The third-order valence-electron chi connectivity index (χ3n) is 4.12. The minimum absolute atomic E-state index is 0.294. The van der Waals surface area contributed by atoms with Crippen LogP contribution in [0.25, 0.3) is 0 Å². The maximum Gasteiger partial charge on any atom is 0.243 e. The summed E-state index contributed by atoms with van der Waals surface area (Å²) >= 11 is 0. The number of aromatic nitrogens is 2. The fourth-order valence-corrected chi connectivity index (χ4v) is 4.22. The van der Waals surface area contributed by atoms with Crippen molar-refractivity contribution in [2.24, 2.45) is 0 Å². The van der Waals surface area contributed by atoms with E-state index in [0.717, 1.165) is 11.5 Å². The average molecular weight is 362 g/mol. The van der Waals surface area contributed by atoms with Gasteiger partial charge in [0.1, 0.15) is 17.9 Å². The molecule has 2 heterocycles. The van der Waals surface area contributed by atoms with Crippen LogP contribution in [0.3, 0.4) is 0 Å². The predicted octanol–water partition coefficient (Wildman–Crippen LogP) is 1.69. The van der Waals surface area contributed by atoms with E-state index in [4.69, 9.17) is 4.74 Å². The molecule has 0 atom stereocenters. The van der Waals surface area contributed by atoms with Crippen molar-refractivity contribution >= 4 is 15.8 Å². The molecule has 0 unspecified atom stereocenters. The molecule has 0 radical (unpaired) electrons. The third kappa shape index (κ3) is 3.91. The quantitative estimate of drug-likeness (QED) is 0.806. The minimum Gasteiger partial charge on any atom is -0.494 e. The van der Waals surface area contributed by atoms with E-state index in [9.17, 15) is 8.42 Å². The number of sulfonamides is 1. The Morgan fingerprint density at radius 3 is 2.36 bits per heavy atom. The van der Waals surface area contributed by atoms with E-state index in [2.05, 4.69) is 14.9 Å². The maximum absolute atomic E-state index is 12.8. The number of ether oxygens (including phenoxy) is 1. The molecule has 0 bridgehead atoms. The Morgan fingerprint density at radius 2 is 1.76 bits per heavy atom. The Balaban J connectivity index is 1.68. The van der Waals surface area contributed by atoms with Gasteiger partial charge < -0.3 is 9.64 Å². The Bertz CT molecular complexity index is 816. The summed E-state index contributed by atoms with van der Waals surface area (Å²) in [6, 6.07) is 8.49. The molecular weight excluding hydrogens is 340 g/mol. The Hall–Kier alpha value is -2.19. The van der Waals surface area contributed by atoms with Gasteiger partial charge in [0.15, 0.2) is 0 Å². The SMILES string of the molecule is CCOc1ccc(S(=O)(=O)N2CCN(c3cc(C)ncn3)CC2)cc1. The van der Waals surface area contributed by atoms with Crippen LogP contribution >= 0.6 is 0 Å². The molecule has 3 rings (SSSR count). The van der Waals surface area contributed by atoms with Gasteiger partial charge in [-0.2, -0.15) is 4.31 Å². The molecule has 1 saturated heterocycles. The number of nitrogens with zero attached hydrogens (tertiary/aromatic N) is 4. The number of hydrogen-bond donors (Lipinski definition) is 0. The molecule has 0 amide bonds. The second-order valence-corrected chi connectivity index (χ2v) is 7.75. The number of anilines is 1. The smallest absolute Gasteiger partial charge is 0.243 e. The van der Waals surface area contributed by atoms with Crippen molar-refractivity contribution in [3.8, 4) is 5.75 Å². The van der Waals surface area contributed by atoms with E-state index in [0.29, 0.717) is 43.4 Å². The van der Waals surface area contributed by atoms with E-state index < -0.39 is 10.0 Å². The Labute approximate surface area is 148 Å². The Morgan fingerprint density at radius 1 is 1.08 bits per heavy atom. The van der Waals surface area contributed by atoms with E-state index in [1.54, 1.807) is 24.3 Å². The fourth-order valence-electron chi connectivity index (χ4n) is 2.79. The molecule has 0 spiro atoms. The van der Waals surface area contributed by atoms with Crippen LogP contribution in [0.5, 0.6) is 5.75 Å². The normalized spacial score (nSPS) is 16.0. The van der Waals surface area contributed by atoms with Crippen LogP contribution in [0, 0.1) is 6.92 Å². The van der Waals surface area contributed by atoms with Gasteiger partial charge >= 0.3 is 0 Å². The van der Waals surface area contributed by atoms with Crippen molar-refractivity contribution in [3.63, 3.8) is 0 Å². The lowest BCUT2D eigenvalue weighted by Crippen LogP contribution is -2.48. The number of rotatable bonds is 5. The van der Waals surface area contributed by atoms with Crippen molar-refractivity contribution < 1.29 is 13.2 Å². The Kier molecular flexibility index (Phi) is 5.19. The second kappa shape index (κ2) is 7.37.